The third-order valence-corrected chi connectivity index (χ3v) is 6.59. The Hall–Kier alpha value is -3.44. The van der Waals surface area contributed by atoms with E-state index in [9.17, 15) is 9.90 Å². The van der Waals surface area contributed by atoms with Gasteiger partial charge in [-0.25, -0.2) is 9.37 Å². The Morgan fingerprint density at radius 1 is 1.32 bits per heavy atom. The van der Waals surface area contributed by atoms with E-state index in [0.717, 1.165) is 11.9 Å². The topological polar surface area (TPSA) is 80.5 Å². The molecule has 178 valence electrons. The van der Waals surface area contributed by atoms with Gasteiger partial charge in [-0.05, 0) is 67.5 Å². The summed E-state index contributed by atoms with van der Waals surface area (Å²) < 4.78 is 22.5. The molecule has 1 aliphatic heterocycles. The third-order valence-electron chi connectivity index (χ3n) is 6.59. The first-order chi connectivity index (χ1) is 16.5. The normalized spacial score (nSPS) is 19.4. The van der Waals surface area contributed by atoms with Crippen molar-refractivity contribution in [1.82, 2.24) is 19.4 Å². The van der Waals surface area contributed by atoms with Crippen LogP contribution in [-0.4, -0.2) is 57.3 Å². The van der Waals surface area contributed by atoms with E-state index in [1.54, 1.807) is 37.7 Å². The van der Waals surface area contributed by atoms with Crippen LogP contribution in [0, 0.1) is 23.7 Å². The van der Waals surface area contributed by atoms with Crippen molar-refractivity contribution in [1.29, 1.82) is 0 Å². The number of piperidine rings is 1. The molecule has 3 aromatic rings. The fourth-order valence-corrected chi connectivity index (χ4v) is 4.62. The van der Waals surface area contributed by atoms with Crippen molar-refractivity contribution >= 4 is 16.9 Å². The van der Waals surface area contributed by atoms with Crippen LogP contribution < -0.4 is 4.74 Å². The first-order valence-corrected chi connectivity index (χ1v) is 11.4. The Morgan fingerprint density at radius 3 is 2.91 bits per heavy atom. The second-order valence-electron chi connectivity index (χ2n) is 8.72. The van der Waals surface area contributed by atoms with Crippen LogP contribution in [0.4, 0.5) is 4.39 Å². The molecule has 0 spiro atoms. The minimum atomic E-state index is -1.20. The largest absolute Gasteiger partial charge is 0.497 e. The van der Waals surface area contributed by atoms with Gasteiger partial charge < -0.3 is 14.4 Å². The van der Waals surface area contributed by atoms with Crippen LogP contribution in [0.25, 0.3) is 10.9 Å². The van der Waals surface area contributed by atoms with E-state index < -0.39 is 18.1 Å². The zero-order valence-electron chi connectivity index (χ0n) is 19.4. The van der Waals surface area contributed by atoms with E-state index in [1.807, 2.05) is 23.9 Å². The fourth-order valence-electron chi connectivity index (χ4n) is 4.62. The van der Waals surface area contributed by atoms with E-state index in [4.69, 9.17) is 4.74 Å². The second-order valence-corrected chi connectivity index (χ2v) is 8.72. The van der Waals surface area contributed by atoms with Gasteiger partial charge in [0.1, 0.15) is 11.9 Å². The molecule has 3 atom stereocenters. The Labute approximate surface area is 198 Å². The van der Waals surface area contributed by atoms with E-state index in [1.165, 1.54) is 0 Å². The predicted molar refractivity (Wildman–Crippen MR) is 127 cm³/mol. The van der Waals surface area contributed by atoms with Crippen molar-refractivity contribution < 1.29 is 19.0 Å². The van der Waals surface area contributed by atoms with Crippen LogP contribution in [0.1, 0.15) is 36.8 Å². The number of likely N-dealkylation sites (tertiary alicyclic amines) is 1. The van der Waals surface area contributed by atoms with Crippen LogP contribution in [0.3, 0.4) is 0 Å². The number of aliphatic carboxylic acids is 1. The maximum absolute atomic E-state index is 15.3. The molecule has 0 amide bonds. The minimum absolute atomic E-state index is 0.0721. The zero-order chi connectivity index (χ0) is 24.1. The molecule has 1 N–H and O–H groups in total. The van der Waals surface area contributed by atoms with E-state index >= 15 is 4.39 Å². The number of pyridine rings is 1. The van der Waals surface area contributed by atoms with Crippen molar-refractivity contribution in [2.24, 2.45) is 18.9 Å². The van der Waals surface area contributed by atoms with Gasteiger partial charge in [0, 0.05) is 37.6 Å². The summed E-state index contributed by atoms with van der Waals surface area (Å²) in [6.45, 7) is 1.65. The molecular formula is C26H29FN4O3. The summed E-state index contributed by atoms with van der Waals surface area (Å²) >= 11 is 0. The summed E-state index contributed by atoms with van der Waals surface area (Å²) in [5.41, 5.74) is 1.28. The highest BCUT2D eigenvalue weighted by molar-refractivity contribution is 5.83. The molecule has 34 heavy (non-hydrogen) atoms. The number of rotatable bonds is 7. The number of aromatic nitrogens is 3. The number of carboxylic acids is 1. The average molecular weight is 465 g/mol. The molecule has 3 heterocycles. The summed E-state index contributed by atoms with van der Waals surface area (Å²) in [6, 6.07) is 7.12. The molecule has 0 saturated carbocycles. The summed E-state index contributed by atoms with van der Waals surface area (Å²) in [6.07, 6.45) is 5.43. The molecule has 7 nitrogen and oxygen atoms in total. The van der Waals surface area contributed by atoms with Crippen molar-refractivity contribution in [3.63, 3.8) is 0 Å². The summed E-state index contributed by atoms with van der Waals surface area (Å²) in [5, 5.41) is 10.6. The highest BCUT2D eigenvalue weighted by Gasteiger charge is 2.34. The number of halogens is 1. The highest BCUT2D eigenvalue weighted by Crippen LogP contribution is 2.35. The first-order valence-electron chi connectivity index (χ1n) is 11.4. The van der Waals surface area contributed by atoms with Crippen LogP contribution in [0.5, 0.6) is 5.75 Å². The molecule has 2 aromatic heterocycles. The quantitative estimate of drug-likeness (QED) is 0.535. The maximum atomic E-state index is 15.3. The highest BCUT2D eigenvalue weighted by atomic mass is 19.1. The van der Waals surface area contributed by atoms with Gasteiger partial charge in [0.15, 0.2) is 5.82 Å². The number of carboxylic acid groups (broad SMARTS) is 1. The standard InChI is InChI=1S/C26H29FN4O3/c1-30-15-12-29-25(30)4-3-13-31-14-10-18(22(17-31)26(32)33)5-7-23(27)20-9-11-28-24-8-6-19(34-2)16-21(20)24/h6,8-9,11-12,15-16,18,22-23H,5,7,10,13-14,17H2,1-2H3,(H,32,33)/t18-,22+,23+/m1/s1. The van der Waals surface area contributed by atoms with E-state index in [0.29, 0.717) is 48.6 Å². The number of benzene rings is 1. The Bertz CT molecular complexity index is 1220. The lowest BCUT2D eigenvalue weighted by atomic mass is 9.81. The molecule has 8 heteroatoms. The number of alkyl halides is 1. The number of carbonyl (C=O) groups is 1. The monoisotopic (exact) mass is 464 g/mol. The van der Waals surface area contributed by atoms with Crippen molar-refractivity contribution in [3.05, 3.63) is 54.2 Å². The fraction of sp³-hybridized carbons (Fsp3) is 0.423. The number of ether oxygens (including phenoxy) is 1. The molecule has 1 aliphatic rings. The van der Waals surface area contributed by atoms with Crippen LogP contribution in [0.15, 0.2) is 42.9 Å². The Morgan fingerprint density at radius 2 is 2.18 bits per heavy atom. The smallest absolute Gasteiger partial charge is 0.308 e. The summed E-state index contributed by atoms with van der Waals surface area (Å²) in [4.78, 5) is 22.5. The lowest BCUT2D eigenvalue weighted by molar-refractivity contribution is -0.146. The lowest BCUT2D eigenvalue weighted by Crippen LogP contribution is -2.44. The van der Waals surface area contributed by atoms with Gasteiger partial charge in [0.2, 0.25) is 0 Å². The minimum Gasteiger partial charge on any atom is -0.497 e. The number of nitrogens with zero attached hydrogens (tertiary/aromatic N) is 4. The third kappa shape index (κ3) is 5.37. The number of hydrogen-bond donors (Lipinski definition) is 1. The molecular weight excluding hydrogens is 435 g/mol. The second kappa shape index (κ2) is 10.7. The van der Waals surface area contributed by atoms with Gasteiger partial charge in [0.25, 0.3) is 0 Å². The van der Waals surface area contributed by atoms with Crippen LogP contribution >= 0.6 is 0 Å². The van der Waals surface area contributed by atoms with Crippen molar-refractivity contribution in [2.45, 2.75) is 25.4 Å². The molecule has 1 fully saturated rings. The molecule has 1 saturated heterocycles. The van der Waals surface area contributed by atoms with Gasteiger partial charge in [0.05, 0.1) is 25.1 Å². The zero-order valence-corrected chi connectivity index (χ0v) is 19.4. The molecule has 0 aliphatic carbocycles. The number of fused-ring (bicyclic) bond motifs is 1. The van der Waals surface area contributed by atoms with E-state index in [2.05, 4.69) is 26.7 Å². The van der Waals surface area contributed by atoms with Gasteiger partial charge in [-0.3, -0.25) is 14.7 Å². The maximum Gasteiger partial charge on any atom is 0.308 e. The predicted octanol–water partition coefficient (Wildman–Crippen LogP) is 3.84. The van der Waals surface area contributed by atoms with Crippen molar-refractivity contribution in [2.75, 3.05) is 26.7 Å². The number of aryl methyl sites for hydroxylation is 1. The Kier molecular flexibility index (Phi) is 7.43. The van der Waals surface area contributed by atoms with Crippen molar-refractivity contribution in [3.8, 4) is 17.6 Å². The lowest BCUT2D eigenvalue weighted by Gasteiger charge is -2.35. The SMILES string of the molecule is COc1ccc2nccc([C@@H](F)CC[C@@H]3CCN(CC#Cc4nccn4C)C[C@@H]3C(=O)O)c2c1. The number of hydrogen-bond acceptors (Lipinski definition) is 5. The van der Waals surface area contributed by atoms with Gasteiger partial charge >= 0.3 is 5.97 Å². The van der Waals surface area contributed by atoms with Crippen LogP contribution in [-0.2, 0) is 11.8 Å². The summed E-state index contributed by atoms with van der Waals surface area (Å²) in [7, 11) is 3.46. The molecule has 4 rings (SSSR count). The Balaban J connectivity index is 1.38. The molecule has 0 bridgehead atoms. The van der Waals surface area contributed by atoms with Gasteiger partial charge in [-0.15, -0.1) is 0 Å². The number of methoxy groups -OCH3 is 1. The molecule has 0 radical (unpaired) electrons. The van der Waals surface area contributed by atoms with Gasteiger partial charge in [-0.2, -0.15) is 0 Å². The molecule has 1 aromatic carbocycles. The number of imidazole rings is 1. The van der Waals surface area contributed by atoms with Gasteiger partial charge in [-0.1, -0.05) is 5.92 Å². The first kappa shape index (κ1) is 23.7. The van der Waals surface area contributed by atoms with E-state index in [-0.39, 0.29) is 12.3 Å². The molecule has 0 unspecified atom stereocenters. The summed E-state index contributed by atoms with van der Waals surface area (Å²) in [5.74, 6) is 6.01. The average Bonchev–Trinajstić information content (AvgIpc) is 3.26. The van der Waals surface area contributed by atoms with Crippen LogP contribution in [0.2, 0.25) is 0 Å².